The summed E-state index contributed by atoms with van der Waals surface area (Å²) < 4.78 is 26.9. The van der Waals surface area contributed by atoms with Crippen molar-refractivity contribution in [3.63, 3.8) is 0 Å². The van der Waals surface area contributed by atoms with Gasteiger partial charge < -0.3 is 10.4 Å². The molecule has 0 aliphatic carbocycles. The van der Waals surface area contributed by atoms with E-state index in [2.05, 4.69) is 5.32 Å². The van der Waals surface area contributed by atoms with Gasteiger partial charge in [0.05, 0.1) is 4.90 Å². The minimum Gasteiger partial charge on any atom is -0.480 e. The van der Waals surface area contributed by atoms with Gasteiger partial charge in [-0.2, -0.15) is 4.31 Å². The van der Waals surface area contributed by atoms with Gasteiger partial charge in [-0.15, -0.1) is 0 Å². The van der Waals surface area contributed by atoms with Gasteiger partial charge in [0, 0.05) is 19.0 Å². The molecule has 2 N–H and O–H groups in total. The molecule has 0 saturated carbocycles. The normalized spacial score (nSPS) is 17.8. The fourth-order valence-electron chi connectivity index (χ4n) is 2.93. The molecule has 7 nitrogen and oxygen atoms in total. The van der Waals surface area contributed by atoms with Gasteiger partial charge in [0.2, 0.25) is 15.9 Å². The number of hydrogen-bond acceptors (Lipinski definition) is 4. The third-order valence-electron chi connectivity index (χ3n) is 4.74. The average molecular weight is 382 g/mol. The molecule has 2 rings (SSSR count). The first-order chi connectivity index (χ1) is 12.1. The first-order valence-corrected chi connectivity index (χ1v) is 10.2. The third kappa shape index (κ3) is 4.62. The van der Waals surface area contributed by atoms with Gasteiger partial charge in [-0.25, -0.2) is 8.42 Å². The van der Waals surface area contributed by atoms with Gasteiger partial charge in [0.25, 0.3) is 0 Å². The molecule has 8 heteroatoms. The highest BCUT2D eigenvalue weighted by Gasteiger charge is 2.32. The summed E-state index contributed by atoms with van der Waals surface area (Å²) in [5.74, 6) is -1.47. The van der Waals surface area contributed by atoms with Gasteiger partial charge in [-0.1, -0.05) is 26.0 Å². The van der Waals surface area contributed by atoms with Crippen LogP contribution >= 0.6 is 0 Å². The number of sulfonamides is 1. The number of carbonyl (C=O) groups is 2. The molecule has 0 aromatic heterocycles. The maximum absolute atomic E-state index is 12.8. The summed E-state index contributed by atoms with van der Waals surface area (Å²) in [5.41, 5.74) is 1.08. The second-order valence-electron chi connectivity index (χ2n) is 6.97. The van der Waals surface area contributed by atoms with Gasteiger partial charge in [0.1, 0.15) is 6.04 Å². The quantitative estimate of drug-likeness (QED) is 0.781. The molecular weight excluding hydrogens is 356 g/mol. The smallest absolute Gasteiger partial charge is 0.325 e. The molecule has 1 aliphatic rings. The zero-order valence-electron chi connectivity index (χ0n) is 15.3. The van der Waals surface area contributed by atoms with Crippen LogP contribution < -0.4 is 5.32 Å². The zero-order chi connectivity index (χ0) is 19.5. The summed E-state index contributed by atoms with van der Waals surface area (Å²) in [7, 11) is -3.58. The minimum absolute atomic E-state index is 0.244. The summed E-state index contributed by atoms with van der Waals surface area (Å²) >= 11 is 0. The van der Waals surface area contributed by atoms with E-state index in [0.29, 0.717) is 18.8 Å². The molecule has 1 fully saturated rings. The van der Waals surface area contributed by atoms with Gasteiger partial charge in [-0.3, -0.25) is 9.59 Å². The summed E-state index contributed by atoms with van der Waals surface area (Å²) in [5, 5.41) is 11.3. The first kappa shape index (κ1) is 20.4. The van der Waals surface area contributed by atoms with E-state index in [9.17, 15) is 18.0 Å². The number of nitrogens with one attached hydrogen (secondary N) is 1. The lowest BCUT2D eigenvalue weighted by Crippen LogP contribution is -2.46. The van der Waals surface area contributed by atoms with Crippen molar-refractivity contribution in [2.45, 2.75) is 50.5 Å². The SMILES string of the molecule is CC(C)c1ccc(S(=O)(=O)N2CCC(C(=O)N[C@@H](C)C(=O)O)CC2)cc1. The molecule has 1 amide bonds. The van der Waals surface area contributed by atoms with E-state index in [4.69, 9.17) is 5.11 Å². The summed E-state index contributed by atoms with van der Waals surface area (Å²) in [4.78, 5) is 23.2. The van der Waals surface area contributed by atoms with Crippen molar-refractivity contribution < 1.29 is 23.1 Å². The van der Waals surface area contributed by atoms with Crippen LogP contribution in [0.5, 0.6) is 0 Å². The number of nitrogens with zero attached hydrogens (tertiary/aromatic N) is 1. The topological polar surface area (TPSA) is 104 Å². The number of hydrogen-bond donors (Lipinski definition) is 2. The second kappa shape index (κ2) is 8.18. The predicted octanol–water partition coefficient (Wildman–Crippen LogP) is 1.80. The summed E-state index contributed by atoms with van der Waals surface area (Å²) in [6, 6.07) is 5.94. The van der Waals surface area contributed by atoms with E-state index >= 15 is 0 Å². The molecule has 1 saturated heterocycles. The molecule has 144 valence electrons. The van der Waals surface area contributed by atoms with Crippen molar-refractivity contribution in [3.05, 3.63) is 29.8 Å². The van der Waals surface area contributed by atoms with Crippen molar-refractivity contribution in [1.82, 2.24) is 9.62 Å². The number of rotatable bonds is 6. The van der Waals surface area contributed by atoms with E-state index < -0.39 is 22.0 Å². The Labute approximate surface area is 154 Å². The largest absolute Gasteiger partial charge is 0.480 e. The third-order valence-corrected chi connectivity index (χ3v) is 6.65. The Morgan fingerprint density at radius 1 is 1.12 bits per heavy atom. The second-order valence-corrected chi connectivity index (χ2v) is 8.91. The average Bonchev–Trinajstić information content (AvgIpc) is 2.61. The fourth-order valence-corrected chi connectivity index (χ4v) is 4.39. The Bertz CT molecular complexity index is 750. The molecule has 0 bridgehead atoms. The predicted molar refractivity (Wildman–Crippen MR) is 97.3 cm³/mol. The molecule has 0 spiro atoms. The van der Waals surface area contributed by atoms with Crippen molar-refractivity contribution >= 4 is 21.9 Å². The molecule has 1 atom stereocenters. The van der Waals surface area contributed by atoms with Crippen LogP contribution in [0, 0.1) is 5.92 Å². The van der Waals surface area contributed by atoms with Gasteiger partial charge in [0.15, 0.2) is 0 Å². The van der Waals surface area contributed by atoms with Crippen LogP contribution in [0.1, 0.15) is 45.1 Å². The van der Waals surface area contributed by atoms with Crippen LogP contribution in [0.3, 0.4) is 0 Å². The Balaban J connectivity index is 2.00. The molecule has 1 aliphatic heterocycles. The number of aliphatic carboxylic acids is 1. The number of piperidine rings is 1. The highest BCUT2D eigenvalue weighted by molar-refractivity contribution is 7.89. The van der Waals surface area contributed by atoms with Crippen LogP contribution in [-0.2, 0) is 19.6 Å². The molecule has 0 radical (unpaired) electrons. The fraction of sp³-hybridized carbons (Fsp3) is 0.556. The maximum atomic E-state index is 12.8. The van der Waals surface area contributed by atoms with Gasteiger partial charge >= 0.3 is 5.97 Å². The Kier molecular flexibility index (Phi) is 6.41. The molecule has 0 unspecified atom stereocenters. The monoisotopic (exact) mass is 382 g/mol. The number of carbonyl (C=O) groups excluding carboxylic acids is 1. The van der Waals surface area contributed by atoms with E-state index in [0.717, 1.165) is 5.56 Å². The number of carboxylic acid groups (broad SMARTS) is 1. The lowest BCUT2D eigenvalue weighted by atomic mass is 9.97. The molecule has 26 heavy (non-hydrogen) atoms. The molecule has 1 aromatic carbocycles. The lowest BCUT2D eigenvalue weighted by molar-refractivity contribution is -0.142. The standard InChI is InChI=1S/C18H26N2O5S/c1-12(2)14-4-6-16(7-5-14)26(24,25)20-10-8-15(9-11-20)17(21)19-13(3)18(22)23/h4-7,12-13,15H,8-11H2,1-3H3,(H,19,21)(H,22,23)/t13-/m0/s1. The van der Waals surface area contributed by atoms with E-state index in [-0.39, 0.29) is 29.8 Å². The Morgan fingerprint density at radius 3 is 2.12 bits per heavy atom. The van der Waals surface area contributed by atoms with E-state index in [1.54, 1.807) is 12.1 Å². The van der Waals surface area contributed by atoms with Crippen LogP contribution in [0.25, 0.3) is 0 Å². The lowest BCUT2D eigenvalue weighted by Gasteiger charge is -2.31. The van der Waals surface area contributed by atoms with Crippen LogP contribution in [0.15, 0.2) is 29.2 Å². The van der Waals surface area contributed by atoms with Crippen molar-refractivity contribution in [1.29, 1.82) is 0 Å². The number of carboxylic acids is 1. The van der Waals surface area contributed by atoms with E-state index in [1.165, 1.54) is 11.2 Å². The van der Waals surface area contributed by atoms with Crippen LogP contribution in [0.4, 0.5) is 0 Å². The minimum atomic E-state index is -3.58. The first-order valence-electron chi connectivity index (χ1n) is 8.76. The van der Waals surface area contributed by atoms with Crippen molar-refractivity contribution in [2.24, 2.45) is 5.92 Å². The Hall–Kier alpha value is -1.93. The molecule has 1 aromatic rings. The van der Waals surface area contributed by atoms with Crippen LogP contribution in [0.2, 0.25) is 0 Å². The molecular formula is C18H26N2O5S. The summed E-state index contributed by atoms with van der Waals surface area (Å²) in [6.45, 7) is 5.98. The maximum Gasteiger partial charge on any atom is 0.325 e. The summed E-state index contributed by atoms with van der Waals surface area (Å²) in [6.07, 6.45) is 0.753. The highest BCUT2D eigenvalue weighted by Crippen LogP contribution is 2.25. The Morgan fingerprint density at radius 2 is 1.65 bits per heavy atom. The number of amides is 1. The molecule has 1 heterocycles. The van der Waals surface area contributed by atoms with Crippen molar-refractivity contribution in [2.75, 3.05) is 13.1 Å². The van der Waals surface area contributed by atoms with E-state index in [1.807, 2.05) is 26.0 Å². The van der Waals surface area contributed by atoms with Crippen LogP contribution in [-0.4, -0.2) is 48.8 Å². The number of benzene rings is 1. The van der Waals surface area contributed by atoms with Gasteiger partial charge in [-0.05, 0) is 43.4 Å². The highest BCUT2D eigenvalue weighted by atomic mass is 32.2. The zero-order valence-corrected chi connectivity index (χ0v) is 16.1. The van der Waals surface area contributed by atoms with Crippen molar-refractivity contribution in [3.8, 4) is 0 Å².